The van der Waals surface area contributed by atoms with Crippen LogP contribution in [0.2, 0.25) is 0 Å². The van der Waals surface area contributed by atoms with Gasteiger partial charge < -0.3 is 14.6 Å². The minimum atomic E-state index is -0.545. The monoisotopic (exact) mass is 468 g/mol. The molecule has 30 heavy (non-hydrogen) atoms. The van der Waals surface area contributed by atoms with Crippen LogP contribution in [0, 0.1) is 0 Å². The topological polar surface area (TPSA) is 97.2 Å². The first-order valence-electron chi connectivity index (χ1n) is 8.75. The molecule has 3 aromatic carbocycles. The Bertz CT molecular complexity index is 1110. The predicted octanol–water partition coefficient (Wildman–Crippen LogP) is 4.15. The van der Waals surface area contributed by atoms with Gasteiger partial charge in [-0.3, -0.25) is 4.79 Å². The van der Waals surface area contributed by atoms with Crippen molar-refractivity contribution >= 4 is 34.0 Å². The fourth-order valence-electron chi connectivity index (χ4n) is 2.51. The number of benzene rings is 3. The Morgan fingerprint density at radius 1 is 1.03 bits per heavy atom. The minimum absolute atomic E-state index is 0.113. The Balaban J connectivity index is 1.69. The van der Waals surface area contributed by atoms with E-state index in [2.05, 4.69) is 26.5 Å². The Labute approximate surface area is 181 Å². The van der Waals surface area contributed by atoms with Gasteiger partial charge in [0.2, 0.25) is 0 Å². The van der Waals surface area contributed by atoms with Crippen LogP contribution in [0.4, 0.5) is 0 Å². The van der Waals surface area contributed by atoms with Gasteiger partial charge in [0.1, 0.15) is 5.75 Å². The SMILES string of the molecule is COc1cc(C=NNC(=O)c2ccccc2O)ccc1OC(=O)c1cccc(Br)c1. The summed E-state index contributed by atoms with van der Waals surface area (Å²) in [7, 11) is 1.45. The van der Waals surface area contributed by atoms with Gasteiger partial charge in [0.05, 0.1) is 24.5 Å². The third kappa shape index (κ3) is 5.24. The van der Waals surface area contributed by atoms with Gasteiger partial charge in [-0.1, -0.05) is 34.1 Å². The molecule has 0 bridgehead atoms. The van der Waals surface area contributed by atoms with Crippen LogP contribution < -0.4 is 14.9 Å². The highest BCUT2D eigenvalue weighted by molar-refractivity contribution is 9.10. The minimum Gasteiger partial charge on any atom is -0.507 e. The molecule has 1 amide bonds. The summed E-state index contributed by atoms with van der Waals surface area (Å²) < 4.78 is 11.5. The normalized spacial score (nSPS) is 10.6. The number of ether oxygens (including phenoxy) is 2. The zero-order valence-electron chi connectivity index (χ0n) is 15.8. The zero-order chi connectivity index (χ0) is 21.5. The number of phenolic OH excluding ortho intramolecular Hbond substituents is 1. The third-order valence-corrected chi connectivity index (χ3v) is 4.47. The molecule has 0 saturated heterocycles. The van der Waals surface area contributed by atoms with Crippen molar-refractivity contribution in [3.8, 4) is 17.2 Å². The fraction of sp³-hybridized carbons (Fsp3) is 0.0455. The smallest absolute Gasteiger partial charge is 0.343 e. The molecule has 0 spiro atoms. The van der Waals surface area contributed by atoms with Crippen molar-refractivity contribution in [3.05, 3.63) is 87.9 Å². The fourth-order valence-corrected chi connectivity index (χ4v) is 2.91. The van der Waals surface area contributed by atoms with Gasteiger partial charge in [-0.15, -0.1) is 0 Å². The van der Waals surface area contributed by atoms with Crippen LogP contribution in [0.25, 0.3) is 0 Å². The number of esters is 1. The number of rotatable bonds is 6. The Hall–Kier alpha value is -3.65. The van der Waals surface area contributed by atoms with Gasteiger partial charge in [0.25, 0.3) is 5.91 Å². The molecule has 0 atom stereocenters. The van der Waals surface area contributed by atoms with E-state index in [0.717, 1.165) is 4.47 Å². The van der Waals surface area contributed by atoms with Crippen molar-refractivity contribution in [3.63, 3.8) is 0 Å². The number of carbonyl (C=O) groups is 2. The molecule has 3 rings (SSSR count). The first kappa shape index (κ1) is 21.1. The summed E-state index contributed by atoms with van der Waals surface area (Å²) in [5, 5.41) is 13.6. The molecule has 0 aliphatic carbocycles. The number of phenols is 1. The van der Waals surface area contributed by atoms with Gasteiger partial charge in [-0.2, -0.15) is 5.10 Å². The summed E-state index contributed by atoms with van der Waals surface area (Å²) in [5.41, 5.74) is 3.45. The first-order chi connectivity index (χ1) is 14.5. The van der Waals surface area contributed by atoms with Crippen LogP contribution in [0.15, 0.2) is 76.3 Å². The average Bonchev–Trinajstić information content (AvgIpc) is 2.74. The lowest BCUT2D eigenvalue weighted by Crippen LogP contribution is -2.17. The van der Waals surface area contributed by atoms with Gasteiger partial charge in [0, 0.05) is 4.47 Å². The van der Waals surface area contributed by atoms with E-state index in [1.54, 1.807) is 48.5 Å². The van der Waals surface area contributed by atoms with Crippen molar-refractivity contribution in [1.29, 1.82) is 0 Å². The van der Waals surface area contributed by atoms with E-state index in [1.165, 1.54) is 25.5 Å². The number of halogens is 1. The molecular weight excluding hydrogens is 452 g/mol. The lowest BCUT2D eigenvalue weighted by molar-refractivity contribution is 0.0729. The molecule has 0 aliphatic heterocycles. The lowest BCUT2D eigenvalue weighted by Gasteiger charge is -2.10. The molecule has 0 fully saturated rings. The summed E-state index contributed by atoms with van der Waals surface area (Å²) in [6.45, 7) is 0. The third-order valence-electron chi connectivity index (χ3n) is 3.98. The maximum absolute atomic E-state index is 12.3. The van der Waals surface area contributed by atoms with E-state index in [1.807, 2.05) is 6.07 Å². The van der Waals surface area contributed by atoms with E-state index in [9.17, 15) is 14.7 Å². The second-order valence-corrected chi connectivity index (χ2v) is 6.94. The number of para-hydroxylation sites is 1. The molecule has 8 heteroatoms. The number of hydrogen-bond donors (Lipinski definition) is 2. The van der Waals surface area contributed by atoms with Crippen molar-refractivity contribution < 1.29 is 24.2 Å². The van der Waals surface area contributed by atoms with E-state index in [4.69, 9.17) is 9.47 Å². The Morgan fingerprint density at radius 3 is 2.57 bits per heavy atom. The van der Waals surface area contributed by atoms with Gasteiger partial charge in [0.15, 0.2) is 11.5 Å². The number of hydrazone groups is 1. The highest BCUT2D eigenvalue weighted by Crippen LogP contribution is 2.28. The Morgan fingerprint density at radius 2 is 1.83 bits per heavy atom. The molecule has 0 aromatic heterocycles. The van der Waals surface area contributed by atoms with Crippen molar-refractivity contribution in [2.75, 3.05) is 7.11 Å². The molecule has 0 radical (unpaired) electrons. The zero-order valence-corrected chi connectivity index (χ0v) is 17.4. The molecule has 7 nitrogen and oxygen atoms in total. The van der Waals surface area contributed by atoms with Crippen molar-refractivity contribution in [2.24, 2.45) is 5.10 Å². The van der Waals surface area contributed by atoms with Crippen LogP contribution in [-0.4, -0.2) is 30.3 Å². The summed E-state index contributed by atoms with van der Waals surface area (Å²) in [5.74, 6) is -0.627. The van der Waals surface area contributed by atoms with E-state index in [-0.39, 0.29) is 17.1 Å². The standard InChI is InChI=1S/C22H17BrN2O5/c1-29-20-11-14(13-24-25-21(27)17-7-2-3-8-18(17)26)9-10-19(20)30-22(28)15-5-4-6-16(23)12-15/h2-13,26H,1H3,(H,25,27). The van der Waals surface area contributed by atoms with Gasteiger partial charge in [-0.25, -0.2) is 10.2 Å². The van der Waals surface area contributed by atoms with Gasteiger partial charge in [-0.05, 0) is 54.1 Å². The summed E-state index contributed by atoms with van der Waals surface area (Å²) in [4.78, 5) is 24.4. The molecule has 0 unspecified atom stereocenters. The van der Waals surface area contributed by atoms with Crippen LogP contribution in [0.3, 0.4) is 0 Å². The predicted molar refractivity (Wildman–Crippen MR) is 115 cm³/mol. The second-order valence-electron chi connectivity index (χ2n) is 6.03. The van der Waals surface area contributed by atoms with Crippen molar-refractivity contribution in [2.45, 2.75) is 0 Å². The summed E-state index contributed by atoms with van der Waals surface area (Å²) in [6.07, 6.45) is 1.40. The van der Waals surface area contributed by atoms with Crippen molar-refractivity contribution in [1.82, 2.24) is 5.43 Å². The molecule has 0 aliphatic rings. The number of aromatic hydroxyl groups is 1. The highest BCUT2D eigenvalue weighted by atomic mass is 79.9. The number of nitrogens with one attached hydrogen (secondary N) is 1. The first-order valence-corrected chi connectivity index (χ1v) is 9.54. The van der Waals surface area contributed by atoms with E-state index < -0.39 is 11.9 Å². The number of methoxy groups -OCH3 is 1. The number of carbonyl (C=O) groups excluding carboxylic acids is 2. The summed E-state index contributed by atoms with van der Waals surface area (Å²) in [6, 6.07) is 17.8. The van der Waals surface area contributed by atoms with Gasteiger partial charge >= 0.3 is 5.97 Å². The second kappa shape index (κ2) is 9.71. The molecular formula is C22H17BrN2O5. The maximum Gasteiger partial charge on any atom is 0.343 e. The van der Waals surface area contributed by atoms with E-state index in [0.29, 0.717) is 16.9 Å². The van der Waals surface area contributed by atoms with Crippen LogP contribution in [0.1, 0.15) is 26.3 Å². The lowest BCUT2D eigenvalue weighted by atomic mass is 10.2. The number of amides is 1. The Kier molecular flexibility index (Phi) is 6.82. The highest BCUT2D eigenvalue weighted by Gasteiger charge is 2.13. The largest absolute Gasteiger partial charge is 0.507 e. The van der Waals surface area contributed by atoms with Crippen LogP contribution in [0.5, 0.6) is 17.2 Å². The number of nitrogens with zero attached hydrogens (tertiary/aromatic N) is 1. The quantitative estimate of drug-likeness (QED) is 0.245. The summed E-state index contributed by atoms with van der Waals surface area (Å²) >= 11 is 3.32. The molecule has 0 saturated carbocycles. The number of hydrogen-bond acceptors (Lipinski definition) is 6. The van der Waals surface area contributed by atoms with Crippen LogP contribution >= 0.6 is 15.9 Å². The van der Waals surface area contributed by atoms with Crippen LogP contribution in [-0.2, 0) is 0 Å². The molecule has 0 heterocycles. The maximum atomic E-state index is 12.3. The molecule has 152 valence electrons. The van der Waals surface area contributed by atoms with E-state index >= 15 is 0 Å². The molecule has 3 aromatic rings. The average molecular weight is 469 g/mol. The molecule has 2 N–H and O–H groups in total.